The van der Waals surface area contributed by atoms with Crippen molar-refractivity contribution in [2.24, 2.45) is 0 Å². The Hall–Kier alpha value is -2.74. The SMILES string of the molecule is COC(=O)/C=C/c1cc(OC)c(OCCOCC(=O)OC)c(OC)c1. The van der Waals surface area contributed by atoms with Gasteiger partial charge in [-0.05, 0) is 23.8 Å². The third-order valence-electron chi connectivity index (χ3n) is 3.02. The number of carbonyl (C=O) groups is 2. The van der Waals surface area contributed by atoms with Crippen molar-refractivity contribution in [1.82, 2.24) is 0 Å². The number of methoxy groups -OCH3 is 4. The minimum atomic E-state index is -0.471. The highest BCUT2D eigenvalue weighted by Crippen LogP contribution is 2.38. The van der Waals surface area contributed by atoms with Crippen LogP contribution < -0.4 is 14.2 Å². The van der Waals surface area contributed by atoms with Gasteiger partial charge < -0.3 is 28.4 Å². The van der Waals surface area contributed by atoms with Crippen molar-refractivity contribution >= 4 is 18.0 Å². The van der Waals surface area contributed by atoms with Gasteiger partial charge in [-0.3, -0.25) is 0 Å². The van der Waals surface area contributed by atoms with Crippen LogP contribution in [-0.4, -0.2) is 60.2 Å². The molecule has 0 saturated carbocycles. The molecule has 0 radical (unpaired) electrons. The van der Waals surface area contributed by atoms with Crippen LogP contribution >= 0.6 is 0 Å². The molecule has 0 spiro atoms. The molecule has 0 N–H and O–H groups in total. The maximum atomic E-state index is 11.2. The second-order valence-corrected chi connectivity index (χ2v) is 4.59. The zero-order valence-corrected chi connectivity index (χ0v) is 14.7. The van der Waals surface area contributed by atoms with E-state index in [9.17, 15) is 9.59 Å². The lowest BCUT2D eigenvalue weighted by molar-refractivity contribution is -0.146. The summed E-state index contributed by atoms with van der Waals surface area (Å²) in [5.74, 6) is 0.313. The highest BCUT2D eigenvalue weighted by Gasteiger charge is 2.14. The van der Waals surface area contributed by atoms with E-state index in [0.29, 0.717) is 22.8 Å². The largest absolute Gasteiger partial charge is 0.493 e. The van der Waals surface area contributed by atoms with Gasteiger partial charge in [0, 0.05) is 6.08 Å². The molecule has 0 aliphatic heterocycles. The number of hydrogen-bond acceptors (Lipinski definition) is 8. The van der Waals surface area contributed by atoms with E-state index in [1.54, 1.807) is 18.2 Å². The summed E-state index contributed by atoms with van der Waals surface area (Å²) >= 11 is 0. The molecule has 0 aliphatic rings. The summed E-state index contributed by atoms with van der Waals surface area (Å²) < 4.78 is 30.4. The summed E-state index contributed by atoms with van der Waals surface area (Å²) in [5.41, 5.74) is 0.674. The number of hydrogen-bond donors (Lipinski definition) is 0. The summed E-state index contributed by atoms with van der Waals surface area (Å²) in [5, 5.41) is 0. The molecular weight excluding hydrogens is 332 g/mol. The monoisotopic (exact) mass is 354 g/mol. The first-order valence-electron chi connectivity index (χ1n) is 7.35. The molecule has 8 heteroatoms. The average Bonchev–Trinajstić information content (AvgIpc) is 2.65. The standard InChI is InChI=1S/C17H22O8/c1-20-13-9-12(5-6-15(18)22-3)10-14(21-2)17(13)25-8-7-24-11-16(19)23-4/h5-6,9-10H,7-8,11H2,1-4H3/b6-5+. The first-order valence-corrected chi connectivity index (χ1v) is 7.35. The Labute approximate surface area is 146 Å². The Morgan fingerprint density at radius 3 is 2.12 bits per heavy atom. The van der Waals surface area contributed by atoms with Gasteiger partial charge in [0.25, 0.3) is 0 Å². The van der Waals surface area contributed by atoms with Gasteiger partial charge in [-0.15, -0.1) is 0 Å². The molecule has 1 rings (SSSR count). The molecule has 0 unspecified atom stereocenters. The van der Waals surface area contributed by atoms with Crippen LogP contribution in [0.3, 0.4) is 0 Å². The van der Waals surface area contributed by atoms with Gasteiger partial charge in [-0.2, -0.15) is 0 Å². The Balaban J connectivity index is 2.79. The molecule has 1 aromatic carbocycles. The topological polar surface area (TPSA) is 89.5 Å². The molecule has 0 bridgehead atoms. The number of benzene rings is 1. The number of rotatable bonds is 10. The van der Waals surface area contributed by atoms with Crippen LogP contribution in [0.5, 0.6) is 17.2 Å². The van der Waals surface area contributed by atoms with Crippen LogP contribution in [0.25, 0.3) is 6.08 Å². The lowest BCUT2D eigenvalue weighted by Gasteiger charge is -2.15. The Morgan fingerprint density at radius 1 is 0.960 bits per heavy atom. The molecule has 25 heavy (non-hydrogen) atoms. The number of ether oxygens (including phenoxy) is 6. The fourth-order valence-electron chi connectivity index (χ4n) is 1.79. The molecule has 1 aromatic rings. The molecule has 0 aromatic heterocycles. The van der Waals surface area contributed by atoms with E-state index in [4.69, 9.17) is 18.9 Å². The van der Waals surface area contributed by atoms with Gasteiger partial charge in [0.15, 0.2) is 11.5 Å². The zero-order chi connectivity index (χ0) is 18.7. The fourth-order valence-corrected chi connectivity index (χ4v) is 1.79. The summed E-state index contributed by atoms with van der Waals surface area (Å²) in [6.45, 7) is 0.220. The van der Waals surface area contributed by atoms with Crippen molar-refractivity contribution in [3.8, 4) is 17.2 Å². The lowest BCUT2D eigenvalue weighted by atomic mass is 10.1. The maximum Gasteiger partial charge on any atom is 0.331 e. The van der Waals surface area contributed by atoms with Gasteiger partial charge >= 0.3 is 11.9 Å². The van der Waals surface area contributed by atoms with Crippen LogP contribution in [-0.2, 0) is 23.8 Å². The molecule has 0 heterocycles. The third-order valence-corrected chi connectivity index (χ3v) is 3.02. The molecule has 0 fully saturated rings. The highest BCUT2D eigenvalue weighted by molar-refractivity contribution is 5.87. The minimum absolute atomic E-state index is 0.147. The van der Waals surface area contributed by atoms with Gasteiger partial charge in [0.1, 0.15) is 13.2 Å². The normalized spacial score (nSPS) is 10.4. The van der Waals surface area contributed by atoms with Gasteiger partial charge in [-0.25, -0.2) is 9.59 Å². The first kappa shape index (κ1) is 20.3. The molecular formula is C17H22O8. The first-order chi connectivity index (χ1) is 12.0. The van der Waals surface area contributed by atoms with E-state index in [2.05, 4.69) is 9.47 Å². The van der Waals surface area contributed by atoms with E-state index in [1.807, 2.05) is 0 Å². The Bertz CT molecular complexity index is 584. The summed E-state index contributed by atoms with van der Waals surface area (Å²) in [6, 6.07) is 3.37. The Morgan fingerprint density at radius 2 is 1.60 bits per heavy atom. The van der Waals surface area contributed by atoms with Crippen molar-refractivity contribution in [3.63, 3.8) is 0 Å². The van der Waals surface area contributed by atoms with Gasteiger partial charge in [-0.1, -0.05) is 0 Å². The predicted octanol–water partition coefficient (Wildman–Crippen LogP) is 1.46. The number of carbonyl (C=O) groups excluding carboxylic acids is 2. The van der Waals surface area contributed by atoms with Crippen molar-refractivity contribution < 1.29 is 38.0 Å². The highest BCUT2D eigenvalue weighted by atomic mass is 16.6. The third kappa shape index (κ3) is 6.72. The number of esters is 2. The van der Waals surface area contributed by atoms with Crippen LogP contribution in [0.15, 0.2) is 18.2 Å². The summed E-state index contributed by atoms with van der Waals surface area (Å²) in [6.07, 6.45) is 2.86. The van der Waals surface area contributed by atoms with Gasteiger partial charge in [0.05, 0.1) is 35.0 Å². The van der Waals surface area contributed by atoms with Crippen LogP contribution in [0.4, 0.5) is 0 Å². The zero-order valence-electron chi connectivity index (χ0n) is 14.7. The lowest BCUT2D eigenvalue weighted by Crippen LogP contribution is -2.14. The van der Waals surface area contributed by atoms with E-state index in [1.165, 1.54) is 34.5 Å². The second kappa shape index (κ2) is 10.9. The Kier molecular flexibility index (Phi) is 8.87. The molecule has 138 valence electrons. The van der Waals surface area contributed by atoms with E-state index >= 15 is 0 Å². The van der Waals surface area contributed by atoms with Crippen molar-refractivity contribution in [1.29, 1.82) is 0 Å². The molecule has 0 atom stereocenters. The summed E-state index contributed by atoms with van der Waals surface area (Å²) in [4.78, 5) is 22.1. The van der Waals surface area contributed by atoms with Crippen molar-refractivity contribution in [2.45, 2.75) is 0 Å². The fraction of sp³-hybridized carbons (Fsp3) is 0.412. The van der Waals surface area contributed by atoms with E-state index in [0.717, 1.165) is 0 Å². The maximum absolute atomic E-state index is 11.2. The van der Waals surface area contributed by atoms with E-state index in [-0.39, 0.29) is 19.8 Å². The predicted molar refractivity (Wildman–Crippen MR) is 88.9 cm³/mol. The molecule has 0 saturated heterocycles. The summed E-state index contributed by atoms with van der Waals surface area (Å²) in [7, 11) is 5.56. The van der Waals surface area contributed by atoms with Gasteiger partial charge in [0.2, 0.25) is 5.75 Å². The smallest absolute Gasteiger partial charge is 0.331 e. The minimum Gasteiger partial charge on any atom is -0.493 e. The van der Waals surface area contributed by atoms with Crippen molar-refractivity contribution in [3.05, 3.63) is 23.8 Å². The van der Waals surface area contributed by atoms with Crippen molar-refractivity contribution in [2.75, 3.05) is 48.3 Å². The van der Waals surface area contributed by atoms with Crippen LogP contribution in [0, 0.1) is 0 Å². The molecule has 8 nitrogen and oxygen atoms in total. The van der Waals surface area contributed by atoms with E-state index < -0.39 is 11.9 Å². The second-order valence-electron chi connectivity index (χ2n) is 4.59. The molecule has 0 aliphatic carbocycles. The quantitative estimate of drug-likeness (QED) is 0.354. The van der Waals surface area contributed by atoms with Crippen LogP contribution in [0.1, 0.15) is 5.56 Å². The average molecular weight is 354 g/mol. The molecule has 0 amide bonds. The van der Waals surface area contributed by atoms with Crippen LogP contribution in [0.2, 0.25) is 0 Å².